The second-order valence-electron chi connectivity index (χ2n) is 6.65. The van der Waals surface area contributed by atoms with Gasteiger partial charge in [-0.15, -0.1) is 0 Å². The molecule has 1 amide bonds. The van der Waals surface area contributed by atoms with E-state index in [0.29, 0.717) is 6.54 Å². The fourth-order valence-electron chi connectivity index (χ4n) is 3.74. The number of hydrogen-bond donors (Lipinski definition) is 0. The van der Waals surface area contributed by atoms with Gasteiger partial charge in [-0.25, -0.2) is 9.97 Å². The molecule has 1 atom stereocenters. The van der Waals surface area contributed by atoms with E-state index >= 15 is 0 Å². The summed E-state index contributed by atoms with van der Waals surface area (Å²) >= 11 is 0. The van der Waals surface area contributed by atoms with Crippen LogP contribution in [-0.4, -0.2) is 35.5 Å². The van der Waals surface area contributed by atoms with Crippen molar-refractivity contribution in [2.24, 2.45) is 5.92 Å². The molecule has 2 aromatic rings. The van der Waals surface area contributed by atoms with E-state index in [2.05, 4.69) is 27.0 Å². The lowest BCUT2D eigenvalue weighted by Gasteiger charge is -2.34. The third kappa shape index (κ3) is 2.75. The van der Waals surface area contributed by atoms with Gasteiger partial charge in [-0.05, 0) is 43.9 Å². The van der Waals surface area contributed by atoms with Crippen LogP contribution in [-0.2, 0) is 11.2 Å². The minimum absolute atomic E-state index is 0.0222. The molecule has 5 nitrogen and oxygen atoms in total. The number of piperidine rings is 1. The molecule has 0 spiro atoms. The van der Waals surface area contributed by atoms with E-state index in [1.165, 1.54) is 5.56 Å². The number of amides is 1. The SMILES string of the molecule is Cc1ccnc(N2CCC[C@H](C(=O)N3CCc4ccccc43)C2)n1. The molecule has 0 N–H and O–H groups in total. The quantitative estimate of drug-likeness (QED) is 0.853. The Morgan fingerprint density at radius 2 is 2.08 bits per heavy atom. The van der Waals surface area contributed by atoms with Gasteiger partial charge in [-0.1, -0.05) is 18.2 Å². The maximum atomic E-state index is 13.1. The van der Waals surface area contributed by atoms with Gasteiger partial charge in [0.25, 0.3) is 0 Å². The first-order valence-corrected chi connectivity index (χ1v) is 8.66. The molecule has 1 fully saturated rings. The predicted molar refractivity (Wildman–Crippen MR) is 94.2 cm³/mol. The number of carbonyl (C=O) groups excluding carboxylic acids is 1. The van der Waals surface area contributed by atoms with E-state index in [1.54, 1.807) is 6.20 Å². The molecule has 0 saturated carbocycles. The van der Waals surface area contributed by atoms with Gasteiger partial charge in [0.15, 0.2) is 0 Å². The zero-order valence-corrected chi connectivity index (χ0v) is 14.0. The monoisotopic (exact) mass is 322 g/mol. The largest absolute Gasteiger partial charge is 0.340 e. The van der Waals surface area contributed by atoms with Crippen molar-refractivity contribution in [1.29, 1.82) is 0 Å². The number of aryl methyl sites for hydroxylation is 1. The summed E-state index contributed by atoms with van der Waals surface area (Å²) in [6.45, 7) is 4.40. The topological polar surface area (TPSA) is 49.3 Å². The van der Waals surface area contributed by atoms with Crippen LogP contribution >= 0.6 is 0 Å². The van der Waals surface area contributed by atoms with Crippen LogP contribution in [0, 0.1) is 12.8 Å². The lowest BCUT2D eigenvalue weighted by molar-refractivity contribution is -0.122. The number of para-hydroxylation sites is 1. The predicted octanol–water partition coefficient (Wildman–Crippen LogP) is 2.59. The number of nitrogens with zero attached hydrogens (tertiary/aromatic N) is 4. The highest BCUT2D eigenvalue weighted by Gasteiger charge is 2.33. The van der Waals surface area contributed by atoms with Gasteiger partial charge in [-0.2, -0.15) is 0 Å². The molecule has 124 valence electrons. The fourth-order valence-corrected chi connectivity index (χ4v) is 3.74. The van der Waals surface area contributed by atoms with Gasteiger partial charge in [0.05, 0.1) is 5.92 Å². The Labute approximate surface area is 142 Å². The summed E-state index contributed by atoms with van der Waals surface area (Å²) in [5, 5.41) is 0. The molecule has 4 rings (SSSR count). The standard InChI is InChI=1S/C19H22N4O/c1-14-8-10-20-19(21-14)22-11-4-6-16(13-22)18(24)23-12-9-15-5-2-3-7-17(15)23/h2-3,5,7-8,10,16H,4,6,9,11-13H2,1H3/t16-/m0/s1. The summed E-state index contributed by atoms with van der Waals surface area (Å²) in [5.74, 6) is 1.01. The molecular formula is C19H22N4O. The average Bonchev–Trinajstić information content (AvgIpc) is 3.05. The van der Waals surface area contributed by atoms with E-state index in [1.807, 2.05) is 30.0 Å². The first-order valence-electron chi connectivity index (χ1n) is 8.66. The summed E-state index contributed by atoms with van der Waals surface area (Å²) in [6.07, 6.45) is 4.70. The molecule has 5 heteroatoms. The van der Waals surface area contributed by atoms with Crippen molar-refractivity contribution in [2.45, 2.75) is 26.2 Å². The number of fused-ring (bicyclic) bond motifs is 1. The van der Waals surface area contributed by atoms with Crippen LogP contribution in [0.5, 0.6) is 0 Å². The number of carbonyl (C=O) groups is 1. The molecule has 2 aliphatic heterocycles. The highest BCUT2D eigenvalue weighted by Crippen LogP contribution is 2.31. The summed E-state index contributed by atoms with van der Waals surface area (Å²) in [6, 6.07) is 10.1. The number of rotatable bonds is 2. The summed E-state index contributed by atoms with van der Waals surface area (Å²) in [5.41, 5.74) is 3.33. The Balaban J connectivity index is 1.51. The number of hydrogen-bond acceptors (Lipinski definition) is 4. The van der Waals surface area contributed by atoms with Crippen molar-refractivity contribution >= 4 is 17.5 Å². The van der Waals surface area contributed by atoms with Gasteiger partial charge >= 0.3 is 0 Å². The van der Waals surface area contributed by atoms with Crippen molar-refractivity contribution in [3.63, 3.8) is 0 Å². The van der Waals surface area contributed by atoms with Crippen LogP contribution in [0.15, 0.2) is 36.5 Å². The first-order chi connectivity index (χ1) is 11.7. The normalized spacial score (nSPS) is 20.1. The second-order valence-corrected chi connectivity index (χ2v) is 6.65. The average molecular weight is 322 g/mol. The van der Waals surface area contributed by atoms with Crippen molar-refractivity contribution in [2.75, 3.05) is 29.4 Å². The Bertz CT molecular complexity index is 761. The molecule has 0 aliphatic carbocycles. The molecule has 2 aliphatic rings. The molecule has 1 aromatic heterocycles. The number of aromatic nitrogens is 2. The second kappa shape index (κ2) is 6.23. The maximum Gasteiger partial charge on any atom is 0.231 e. The summed E-state index contributed by atoms with van der Waals surface area (Å²) in [4.78, 5) is 26.1. The molecule has 0 radical (unpaired) electrons. The highest BCUT2D eigenvalue weighted by molar-refractivity contribution is 5.97. The van der Waals surface area contributed by atoms with Crippen molar-refractivity contribution < 1.29 is 4.79 Å². The van der Waals surface area contributed by atoms with Crippen LogP contribution in [0.2, 0.25) is 0 Å². The Morgan fingerprint density at radius 3 is 2.96 bits per heavy atom. The Kier molecular flexibility index (Phi) is 3.92. The lowest BCUT2D eigenvalue weighted by atomic mass is 9.96. The third-order valence-electron chi connectivity index (χ3n) is 4.99. The third-order valence-corrected chi connectivity index (χ3v) is 4.99. The highest BCUT2D eigenvalue weighted by atomic mass is 16.2. The molecule has 0 bridgehead atoms. The zero-order chi connectivity index (χ0) is 16.5. The van der Waals surface area contributed by atoms with Crippen molar-refractivity contribution in [3.05, 3.63) is 47.8 Å². The van der Waals surface area contributed by atoms with Crippen molar-refractivity contribution in [3.8, 4) is 0 Å². The van der Waals surface area contributed by atoms with E-state index in [4.69, 9.17) is 0 Å². The molecule has 1 saturated heterocycles. The van der Waals surface area contributed by atoms with Crippen LogP contribution in [0.25, 0.3) is 0 Å². The van der Waals surface area contributed by atoms with Gasteiger partial charge in [0.2, 0.25) is 11.9 Å². The molecule has 0 unspecified atom stereocenters. The number of anilines is 2. The van der Waals surface area contributed by atoms with Gasteiger partial charge in [0, 0.05) is 37.2 Å². The summed E-state index contributed by atoms with van der Waals surface area (Å²) < 4.78 is 0. The minimum atomic E-state index is 0.0222. The van der Waals surface area contributed by atoms with Crippen LogP contribution in [0.4, 0.5) is 11.6 Å². The molecule has 3 heterocycles. The first kappa shape index (κ1) is 15.1. The maximum absolute atomic E-state index is 13.1. The number of benzene rings is 1. The van der Waals surface area contributed by atoms with Gasteiger partial charge in [-0.3, -0.25) is 4.79 Å². The summed E-state index contributed by atoms with van der Waals surface area (Å²) in [7, 11) is 0. The Morgan fingerprint density at radius 1 is 1.21 bits per heavy atom. The van der Waals surface area contributed by atoms with Crippen LogP contribution in [0.1, 0.15) is 24.1 Å². The van der Waals surface area contributed by atoms with E-state index in [0.717, 1.165) is 49.7 Å². The molecule has 1 aromatic carbocycles. The van der Waals surface area contributed by atoms with Gasteiger partial charge in [0.1, 0.15) is 0 Å². The van der Waals surface area contributed by atoms with E-state index in [-0.39, 0.29) is 11.8 Å². The molecule has 24 heavy (non-hydrogen) atoms. The minimum Gasteiger partial charge on any atom is -0.340 e. The Hall–Kier alpha value is -2.43. The smallest absolute Gasteiger partial charge is 0.231 e. The van der Waals surface area contributed by atoms with Crippen LogP contribution in [0.3, 0.4) is 0 Å². The van der Waals surface area contributed by atoms with E-state index < -0.39 is 0 Å². The zero-order valence-electron chi connectivity index (χ0n) is 14.0. The van der Waals surface area contributed by atoms with Crippen LogP contribution < -0.4 is 9.80 Å². The van der Waals surface area contributed by atoms with Gasteiger partial charge < -0.3 is 9.80 Å². The van der Waals surface area contributed by atoms with Crippen molar-refractivity contribution in [1.82, 2.24) is 9.97 Å². The lowest BCUT2D eigenvalue weighted by Crippen LogP contribution is -2.45. The molecular weight excluding hydrogens is 300 g/mol. The fraction of sp³-hybridized carbons (Fsp3) is 0.421. The van der Waals surface area contributed by atoms with E-state index in [9.17, 15) is 4.79 Å².